The van der Waals surface area contributed by atoms with E-state index in [4.69, 9.17) is 8.94 Å². The number of sulfonamides is 1. The first kappa shape index (κ1) is 16.3. The Labute approximate surface area is 140 Å². The highest BCUT2D eigenvalue weighted by Gasteiger charge is 2.29. The van der Waals surface area contributed by atoms with Crippen LogP contribution in [0.3, 0.4) is 0 Å². The largest absolute Gasteiger partial charge is 0.456 e. The minimum absolute atomic E-state index is 0.122. The third-order valence-electron chi connectivity index (χ3n) is 3.70. The highest BCUT2D eigenvalue weighted by atomic mass is 32.2. The fourth-order valence-electron chi connectivity index (χ4n) is 2.58. The molecule has 126 valence electrons. The van der Waals surface area contributed by atoms with E-state index in [1.807, 2.05) is 25.1 Å². The van der Waals surface area contributed by atoms with E-state index < -0.39 is 10.0 Å². The molecule has 24 heavy (non-hydrogen) atoms. The van der Waals surface area contributed by atoms with Crippen LogP contribution >= 0.6 is 0 Å². The lowest BCUT2D eigenvalue weighted by Gasteiger charge is -2.22. The lowest BCUT2D eigenvalue weighted by molar-refractivity contribution is 0.414. The molecule has 0 fully saturated rings. The Morgan fingerprint density at radius 3 is 2.54 bits per heavy atom. The molecular formula is C17H18N2O4S. The Balaban J connectivity index is 2.06. The van der Waals surface area contributed by atoms with Gasteiger partial charge in [0.25, 0.3) is 10.0 Å². The van der Waals surface area contributed by atoms with Crippen molar-refractivity contribution in [2.45, 2.75) is 25.7 Å². The summed E-state index contributed by atoms with van der Waals surface area (Å²) in [6, 6.07) is 10.5. The van der Waals surface area contributed by atoms with Gasteiger partial charge in [0.1, 0.15) is 10.7 Å². The average Bonchev–Trinajstić information content (AvgIpc) is 3.17. The van der Waals surface area contributed by atoms with Crippen molar-refractivity contribution in [1.82, 2.24) is 5.16 Å². The molecule has 2 heterocycles. The fraction of sp³-hybridized carbons (Fsp3) is 0.235. The summed E-state index contributed by atoms with van der Waals surface area (Å²) in [6.45, 7) is 5.66. The minimum atomic E-state index is -3.74. The molecule has 0 amide bonds. The first-order valence-corrected chi connectivity index (χ1v) is 8.98. The molecule has 0 atom stereocenters. The maximum Gasteiger partial charge on any atom is 0.267 e. The molecule has 0 aliphatic heterocycles. The van der Waals surface area contributed by atoms with Crippen molar-refractivity contribution >= 4 is 15.7 Å². The van der Waals surface area contributed by atoms with Crippen LogP contribution in [0.25, 0.3) is 11.5 Å². The lowest BCUT2D eigenvalue weighted by Crippen LogP contribution is -2.30. The molecule has 0 bridgehead atoms. The number of benzene rings is 1. The summed E-state index contributed by atoms with van der Waals surface area (Å²) in [7, 11) is -3.74. The highest BCUT2D eigenvalue weighted by molar-refractivity contribution is 7.92. The van der Waals surface area contributed by atoms with Crippen molar-refractivity contribution in [2.24, 2.45) is 0 Å². The number of rotatable bonds is 5. The quantitative estimate of drug-likeness (QED) is 0.703. The van der Waals surface area contributed by atoms with Crippen LogP contribution in [0.4, 0.5) is 5.69 Å². The summed E-state index contributed by atoms with van der Waals surface area (Å²) in [5.41, 5.74) is 1.62. The summed E-state index contributed by atoms with van der Waals surface area (Å²) < 4.78 is 38.2. The molecular weight excluding hydrogens is 328 g/mol. The Hall–Kier alpha value is -2.54. The molecule has 1 aromatic carbocycles. The predicted molar refractivity (Wildman–Crippen MR) is 90.3 cm³/mol. The standard InChI is InChI=1S/C17H18N2O4S/c1-4-19(14-7-5-6-12(2)10-14)24(20,21)17-11-16(22-13(17)3)15-8-9-18-23-15/h5-11H,4H2,1-3H3. The van der Waals surface area contributed by atoms with Gasteiger partial charge in [-0.2, -0.15) is 0 Å². The molecule has 0 N–H and O–H groups in total. The van der Waals surface area contributed by atoms with Gasteiger partial charge in [-0.05, 0) is 38.5 Å². The number of hydrogen-bond donors (Lipinski definition) is 0. The van der Waals surface area contributed by atoms with E-state index >= 15 is 0 Å². The average molecular weight is 346 g/mol. The SMILES string of the molecule is CCN(c1cccc(C)c1)S(=O)(=O)c1cc(-c2ccno2)oc1C. The number of nitrogens with zero attached hydrogens (tertiary/aromatic N) is 2. The molecule has 6 nitrogen and oxygen atoms in total. The second kappa shape index (κ2) is 6.16. The van der Waals surface area contributed by atoms with Crippen LogP contribution in [0.1, 0.15) is 18.2 Å². The van der Waals surface area contributed by atoms with Crippen molar-refractivity contribution in [3.63, 3.8) is 0 Å². The zero-order chi connectivity index (χ0) is 17.3. The van der Waals surface area contributed by atoms with Gasteiger partial charge in [-0.1, -0.05) is 17.3 Å². The van der Waals surface area contributed by atoms with Crippen LogP contribution < -0.4 is 4.31 Å². The second-order valence-corrected chi connectivity index (χ2v) is 7.25. The van der Waals surface area contributed by atoms with Crippen molar-refractivity contribution in [2.75, 3.05) is 10.8 Å². The molecule has 3 rings (SSSR count). The molecule has 0 radical (unpaired) electrons. The molecule has 3 aromatic rings. The van der Waals surface area contributed by atoms with Gasteiger partial charge >= 0.3 is 0 Å². The Kier molecular flexibility index (Phi) is 4.19. The third-order valence-corrected chi connectivity index (χ3v) is 5.71. The molecule has 0 saturated carbocycles. The number of aryl methyl sites for hydroxylation is 2. The first-order valence-electron chi connectivity index (χ1n) is 7.54. The maximum atomic E-state index is 13.1. The topological polar surface area (TPSA) is 76.6 Å². The molecule has 7 heteroatoms. The van der Waals surface area contributed by atoms with Crippen molar-refractivity contribution in [3.05, 3.63) is 53.9 Å². The summed E-state index contributed by atoms with van der Waals surface area (Å²) >= 11 is 0. The number of furan rings is 1. The van der Waals surface area contributed by atoms with Gasteiger partial charge in [0.2, 0.25) is 5.76 Å². The monoisotopic (exact) mass is 346 g/mol. The van der Waals surface area contributed by atoms with Crippen LogP contribution in [0.15, 0.2) is 56.4 Å². The van der Waals surface area contributed by atoms with Crippen LogP contribution in [0, 0.1) is 13.8 Å². The minimum Gasteiger partial charge on any atom is -0.456 e. The third kappa shape index (κ3) is 2.82. The second-order valence-electron chi connectivity index (χ2n) is 5.42. The van der Waals surface area contributed by atoms with Gasteiger partial charge in [-0.15, -0.1) is 0 Å². The summed E-state index contributed by atoms with van der Waals surface area (Å²) in [5, 5.41) is 3.61. The van der Waals surface area contributed by atoms with Crippen molar-refractivity contribution < 1.29 is 17.4 Å². The Bertz CT molecular complexity index is 943. The van der Waals surface area contributed by atoms with E-state index in [1.165, 1.54) is 16.6 Å². The molecule has 0 aliphatic carbocycles. The molecule has 0 saturated heterocycles. The first-order chi connectivity index (χ1) is 11.4. The van der Waals surface area contributed by atoms with E-state index in [2.05, 4.69) is 5.16 Å². The van der Waals surface area contributed by atoms with Crippen LogP contribution in [-0.4, -0.2) is 20.1 Å². The van der Waals surface area contributed by atoms with E-state index in [-0.39, 0.29) is 4.90 Å². The normalized spacial score (nSPS) is 11.6. The number of hydrogen-bond acceptors (Lipinski definition) is 5. The van der Waals surface area contributed by atoms with Crippen molar-refractivity contribution in [1.29, 1.82) is 0 Å². The van der Waals surface area contributed by atoms with E-state index in [9.17, 15) is 8.42 Å². The molecule has 0 spiro atoms. The van der Waals surface area contributed by atoms with E-state index in [1.54, 1.807) is 26.0 Å². The van der Waals surface area contributed by atoms with Gasteiger partial charge < -0.3 is 8.94 Å². The van der Waals surface area contributed by atoms with Gasteiger partial charge in [0.15, 0.2) is 5.76 Å². The highest BCUT2D eigenvalue weighted by Crippen LogP contribution is 2.32. The maximum absolute atomic E-state index is 13.1. The smallest absolute Gasteiger partial charge is 0.267 e. The Morgan fingerprint density at radius 2 is 1.92 bits per heavy atom. The van der Waals surface area contributed by atoms with Crippen LogP contribution in [0.2, 0.25) is 0 Å². The number of aromatic nitrogens is 1. The van der Waals surface area contributed by atoms with Crippen LogP contribution in [0.5, 0.6) is 0 Å². The van der Waals surface area contributed by atoms with Crippen LogP contribution in [-0.2, 0) is 10.0 Å². The van der Waals surface area contributed by atoms with Gasteiger partial charge in [0, 0.05) is 18.7 Å². The van der Waals surface area contributed by atoms with Gasteiger partial charge in [-0.25, -0.2) is 8.42 Å². The molecule has 2 aromatic heterocycles. The summed E-state index contributed by atoms with van der Waals surface area (Å²) in [5.74, 6) is 1.04. The fourth-order valence-corrected chi connectivity index (χ4v) is 4.21. The van der Waals surface area contributed by atoms with Gasteiger partial charge in [-0.3, -0.25) is 4.31 Å². The Morgan fingerprint density at radius 1 is 1.12 bits per heavy atom. The summed E-state index contributed by atoms with van der Waals surface area (Å²) in [4.78, 5) is 0.122. The van der Waals surface area contributed by atoms with Gasteiger partial charge in [0.05, 0.1) is 11.9 Å². The zero-order valence-electron chi connectivity index (χ0n) is 13.7. The summed E-state index contributed by atoms with van der Waals surface area (Å²) in [6.07, 6.45) is 1.48. The lowest BCUT2D eigenvalue weighted by atomic mass is 10.2. The van der Waals surface area contributed by atoms with E-state index in [0.717, 1.165) is 5.56 Å². The zero-order valence-corrected chi connectivity index (χ0v) is 14.5. The molecule has 0 unspecified atom stereocenters. The number of anilines is 1. The molecule has 0 aliphatic rings. The van der Waals surface area contributed by atoms with Crippen molar-refractivity contribution in [3.8, 4) is 11.5 Å². The van der Waals surface area contributed by atoms with E-state index in [0.29, 0.717) is 29.5 Å². The predicted octanol–water partition coefficient (Wildman–Crippen LogP) is 3.77.